The van der Waals surface area contributed by atoms with Gasteiger partial charge in [0, 0.05) is 11.6 Å². The summed E-state index contributed by atoms with van der Waals surface area (Å²) >= 11 is 0. The summed E-state index contributed by atoms with van der Waals surface area (Å²) in [5.74, 6) is 12.0. The Hall–Kier alpha value is -1.52. The lowest BCUT2D eigenvalue weighted by molar-refractivity contribution is 0.449. The molecule has 1 aromatic carbocycles. The molecule has 0 aromatic heterocycles. The van der Waals surface area contributed by atoms with Crippen LogP contribution < -0.4 is 21.7 Å². The van der Waals surface area contributed by atoms with Gasteiger partial charge >= 0.3 is 5.96 Å². The van der Waals surface area contributed by atoms with E-state index in [0.29, 0.717) is 24.7 Å². The fourth-order valence-electron chi connectivity index (χ4n) is 2.12. The van der Waals surface area contributed by atoms with Crippen molar-refractivity contribution in [1.82, 2.24) is 10.0 Å². The largest absolute Gasteiger partial charge is 0.337 e. The number of aliphatic imine (C=N–C) groups is 1. The van der Waals surface area contributed by atoms with Crippen molar-refractivity contribution in [2.45, 2.75) is 11.8 Å². The van der Waals surface area contributed by atoms with E-state index in [1.54, 1.807) is 13.0 Å². The zero-order valence-electron chi connectivity index (χ0n) is 10.4. The van der Waals surface area contributed by atoms with Crippen LogP contribution in [-0.4, -0.2) is 32.0 Å². The molecule has 0 saturated heterocycles. The first kappa shape index (κ1) is 13.9. The summed E-state index contributed by atoms with van der Waals surface area (Å²) in [6, 6.07) is 4.24. The number of hydrazine groups is 1. The summed E-state index contributed by atoms with van der Waals surface area (Å²) in [6.45, 7) is 2.73. The van der Waals surface area contributed by atoms with Gasteiger partial charge in [-0.05, 0) is 13.0 Å². The zero-order chi connectivity index (χ0) is 14.3. The Morgan fingerprint density at radius 2 is 2.16 bits per heavy atom. The van der Waals surface area contributed by atoms with Crippen LogP contribution in [0.2, 0.25) is 0 Å². The molecule has 0 bridgehead atoms. The van der Waals surface area contributed by atoms with Crippen molar-refractivity contribution in [3.63, 3.8) is 0 Å². The second-order valence-corrected chi connectivity index (χ2v) is 5.79. The molecule has 0 aliphatic carbocycles. The highest BCUT2D eigenvalue weighted by Gasteiger charge is 2.39. The monoisotopic (exact) mass is 286 g/mol. The van der Waals surface area contributed by atoms with E-state index < -0.39 is 10.1 Å². The minimum atomic E-state index is -4.28. The first-order chi connectivity index (χ1) is 8.79. The van der Waals surface area contributed by atoms with Crippen LogP contribution in [0.15, 0.2) is 28.1 Å². The predicted molar refractivity (Wildman–Crippen MR) is 71.5 cm³/mol. The van der Waals surface area contributed by atoms with Crippen LogP contribution in [-0.2, 0) is 10.1 Å². The van der Waals surface area contributed by atoms with E-state index in [1.807, 2.05) is 0 Å². The van der Waals surface area contributed by atoms with Gasteiger partial charge in [0.15, 0.2) is 5.69 Å². The molecule has 104 valence electrons. The summed E-state index contributed by atoms with van der Waals surface area (Å²) in [6.07, 6.45) is 0. The van der Waals surface area contributed by atoms with Gasteiger partial charge in [0.25, 0.3) is 10.1 Å². The number of nitrogens with zero attached hydrogens (tertiary/aromatic N) is 2. The van der Waals surface area contributed by atoms with Gasteiger partial charge in [0.1, 0.15) is 6.54 Å². The molecule has 1 aromatic rings. The maximum Gasteiger partial charge on any atom is 0.337 e. The fourth-order valence-corrected chi connectivity index (χ4v) is 2.62. The normalized spacial score (nSPS) is 23.3. The third kappa shape index (κ3) is 2.33. The van der Waals surface area contributed by atoms with Crippen molar-refractivity contribution in [3.05, 3.63) is 23.8 Å². The van der Waals surface area contributed by atoms with Gasteiger partial charge in [-0.15, -0.1) is 0 Å². The lowest BCUT2D eigenvalue weighted by Crippen LogP contribution is -2.64. The molecule has 1 atom stereocenters. The molecule has 1 heterocycles. The van der Waals surface area contributed by atoms with E-state index in [0.717, 1.165) is 5.56 Å². The van der Waals surface area contributed by atoms with E-state index >= 15 is 0 Å². The molecule has 0 fully saturated rings. The average Bonchev–Trinajstić information content (AvgIpc) is 2.70. The van der Waals surface area contributed by atoms with Crippen molar-refractivity contribution >= 4 is 21.8 Å². The van der Waals surface area contributed by atoms with Gasteiger partial charge in [-0.1, -0.05) is 6.07 Å². The first-order valence-electron chi connectivity index (χ1n) is 5.56. The van der Waals surface area contributed by atoms with Crippen LogP contribution in [0, 0.1) is 6.92 Å². The zero-order valence-corrected chi connectivity index (χ0v) is 11.2. The Morgan fingerprint density at radius 3 is 2.74 bits per heavy atom. The number of hydrogen-bond donors (Lipinski definition) is 4. The topological polar surface area (TPSA) is 131 Å². The van der Waals surface area contributed by atoms with E-state index in [1.165, 1.54) is 12.1 Å². The number of quaternary nitrogens is 1. The third-order valence-electron chi connectivity index (χ3n) is 3.13. The van der Waals surface area contributed by atoms with E-state index in [2.05, 4.69) is 10.4 Å². The molecular weight excluding hydrogens is 270 g/mol. The van der Waals surface area contributed by atoms with Gasteiger partial charge in [0.05, 0.1) is 11.4 Å². The smallest absolute Gasteiger partial charge is 0.282 e. The fraction of sp³-hybridized carbons (Fsp3) is 0.300. The molecule has 6 N–H and O–H groups in total. The molecule has 2 rings (SSSR count). The van der Waals surface area contributed by atoms with Gasteiger partial charge in [-0.2, -0.15) is 18.9 Å². The average molecular weight is 286 g/mol. The number of nitrogens with two attached hydrogens (primary N) is 2. The van der Waals surface area contributed by atoms with Crippen molar-refractivity contribution in [3.8, 4) is 0 Å². The maximum atomic E-state index is 11.2. The highest BCUT2D eigenvalue weighted by atomic mass is 32.2. The standard InChI is InChI=1S/C10H15N5O3S/c1-7-2-3-8(19(16,17)18)6-9(7)15(12)5-4-13-10(15)14-11/h2-3,6H,4-5,11-12H2,1H3,(H-,13,14,16,17,18)/p+1. The summed E-state index contributed by atoms with van der Waals surface area (Å²) in [4.78, 5) is 3.92. The van der Waals surface area contributed by atoms with Crippen molar-refractivity contribution in [2.75, 3.05) is 13.1 Å². The number of guanidine groups is 1. The van der Waals surface area contributed by atoms with Gasteiger partial charge in [-0.3, -0.25) is 9.98 Å². The molecule has 1 aliphatic rings. The molecule has 19 heavy (non-hydrogen) atoms. The molecule has 1 aliphatic heterocycles. The van der Waals surface area contributed by atoms with Crippen molar-refractivity contribution < 1.29 is 13.0 Å². The van der Waals surface area contributed by atoms with Gasteiger partial charge in [0.2, 0.25) is 0 Å². The van der Waals surface area contributed by atoms with E-state index in [-0.39, 0.29) is 9.49 Å². The quantitative estimate of drug-likeness (QED) is 0.245. The van der Waals surface area contributed by atoms with Crippen LogP contribution in [0.5, 0.6) is 0 Å². The second-order valence-electron chi connectivity index (χ2n) is 4.37. The van der Waals surface area contributed by atoms with Crippen LogP contribution >= 0.6 is 0 Å². The second kappa shape index (κ2) is 4.54. The number of nitrogens with one attached hydrogen (secondary N) is 1. The summed E-state index contributed by atoms with van der Waals surface area (Å²) < 4.78 is 31.3. The molecule has 0 saturated carbocycles. The Bertz CT molecular complexity index is 643. The molecule has 9 heteroatoms. The Morgan fingerprint density at radius 1 is 1.47 bits per heavy atom. The summed E-state index contributed by atoms with van der Waals surface area (Å²) in [5.41, 5.74) is 3.72. The van der Waals surface area contributed by atoms with E-state index in [4.69, 9.17) is 16.2 Å². The lowest BCUT2D eigenvalue weighted by atomic mass is 10.1. The van der Waals surface area contributed by atoms with Crippen LogP contribution in [0.4, 0.5) is 5.69 Å². The minimum Gasteiger partial charge on any atom is -0.282 e. The SMILES string of the molecule is Cc1ccc(S(=O)(=O)O)cc1[N+]1(N)CCN=C1NN. The maximum absolute atomic E-state index is 11.2. The summed E-state index contributed by atoms with van der Waals surface area (Å²) in [7, 11) is -4.28. The van der Waals surface area contributed by atoms with E-state index in [9.17, 15) is 8.42 Å². The Kier molecular flexibility index (Phi) is 3.32. The van der Waals surface area contributed by atoms with Crippen LogP contribution in [0.1, 0.15) is 5.56 Å². The van der Waals surface area contributed by atoms with Crippen LogP contribution in [0.3, 0.4) is 0 Å². The highest BCUT2D eigenvalue weighted by molar-refractivity contribution is 7.85. The Balaban J connectivity index is 2.60. The molecule has 1 unspecified atom stereocenters. The third-order valence-corrected chi connectivity index (χ3v) is 3.98. The van der Waals surface area contributed by atoms with Gasteiger partial charge in [-0.25, -0.2) is 10.8 Å². The molecule has 0 spiro atoms. The minimum absolute atomic E-state index is 0.209. The van der Waals surface area contributed by atoms with Crippen molar-refractivity contribution in [2.24, 2.45) is 16.7 Å². The number of rotatable bonds is 2. The number of aryl methyl sites for hydroxylation is 1. The Labute approximate surface area is 111 Å². The first-order valence-corrected chi connectivity index (χ1v) is 7.00. The molecular formula is C10H16N5O3S+. The predicted octanol–water partition coefficient (Wildman–Crippen LogP) is -0.744. The number of hydrogen-bond acceptors (Lipinski definition) is 6. The summed E-state index contributed by atoms with van der Waals surface area (Å²) in [5, 5.41) is 0. The lowest BCUT2D eigenvalue weighted by Gasteiger charge is -2.28. The van der Waals surface area contributed by atoms with Crippen molar-refractivity contribution in [1.29, 1.82) is 0 Å². The number of benzene rings is 1. The van der Waals surface area contributed by atoms with Gasteiger partial charge < -0.3 is 0 Å². The molecule has 0 radical (unpaired) electrons. The highest BCUT2D eigenvalue weighted by Crippen LogP contribution is 2.28. The molecule has 8 nitrogen and oxygen atoms in total. The van der Waals surface area contributed by atoms with Crippen LogP contribution in [0.25, 0.3) is 0 Å². The molecule has 0 amide bonds.